The van der Waals surface area contributed by atoms with E-state index in [0.717, 1.165) is 39.4 Å². The van der Waals surface area contributed by atoms with Gasteiger partial charge in [-0.15, -0.1) is 0 Å². The molecule has 0 saturated carbocycles. The van der Waals surface area contributed by atoms with Crippen molar-refractivity contribution < 1.29 is 9.47 Å². The maximum absolute atomic E-state index is 6.00. The highest BCUT2D eigenvalue weighted by atomic mass is 35.5. The molecule has 4 heteroatoms. The molecule has 2 aromatic carbocycles. The molecule has 0 N–H and O–H groups in total. The average Bonchev–Trinajstić information content (AvgIpc) is 2.58. The molecule has 3 rings (SSSR count). The van der Waals surface area contributed by atoms with Crippen LogP contribution < -0.4 is 9.47 Å². The number of para-hydroxylation sites is 1. The number of halogens is 1. The number of fused-ring (bicyclic) bond motifs is 1. The van der Waals surface area contributed by atoms with Crippen molar-refractivity contribution in [3.63, 3.8) is 0 Å². The molecule has 0 amide bonds. The Morgan fingerprint density at radius 2 is 1.83 bits per heavy atom. The Labute approximate surface area is 140 Å². The molecular weight excluding hydrogens is 310 g/mol. The number of hydrogen-bond acceptors (Lipinski definition) is 3. The highest BCUT2D eigenvalue weighted by molar-refractivity contribution is 6.31. The smallest absolute Gasteiger partial charge is 0.145 e. The second-order valence-electron chi connectivity index (χ2n) is 5.29. The first-order valence-electron chi connectivity index (χ1n) is 7.59. The second kappa shape index (κ2) is 7.34. The SMILES string of the molecule is Cc1cc(OCCCOc2cccc3cccnc23)ccc1Cl. The van der Waals surface area contributed by atoms with Crippen molar-refractivity contribution in [1.29, 1.82) is 0 Å². The van der Waals surface area contributed by atoms with Crippen LogP contribution in [-0.2, 0) is 0 Å². The standard InChI is InChI=1S/C19H18ClNO2/c1-14-13-16(8-9-17(14)20)22-11-4-12-23-18-7-2-5-15-6-3-10-21-19(15)18/h2-3,5-10,13H,4,11-12H2,1H3. The van der Waals surface area contributed by atoms with E-state index in [1.165, 1.54) is 0 Å². The van der Waals surface area contributed by atoms with Gasteiger partial charge in [0.25, 0.3) is 0 Å². The minimum absolute atomic E-state index is 0.586. The lowest BCUT2D eigenvalue weighted by Crippen LogP contribution is -2.05. The Bertz CT molecular complexity index is 799. The van der Waals surface area contributed by atoms with Gasteiger partial charge in [0.1, 0.15) is 17.0 Å². The number of benzene rings is 2. The fourth-order valence-corrected chi connectivity index (χ4v) is 2.45. The molecule has 3 nitrogen and oxygen atoms in total. The Balaban J connectivity index is 1.50. The van der Waals surface area contributed by atoms with Crippen molar-refractivity contribution >= 4 is 22.5 Å². The van der Waals surface area contributed by atoms with Gasteiger partial charge >= 0.3 is 0 Å². The molecule has 0 saturated heterocycles. The summed E-state index contributed by atoms with van der Waals surface area (Å²) in [5.41, 5.74) is 1.91. The van der Waals surface area contributed by atoms with Gasteiger partial charge in [0.05, 0.1) is 13.2 Å². The molecule has 0 fully saturated rings. The van der Waals surface area contributed by atoms with E-state index in [1.807, 2.05) is 55.5 Å². The van der Waals surface area contributed by atoms with Crippen molar-refractivity contribution in [3.8, 4) is 11.5 Å². The van der Waals surface area contributed by atoms with Crippen LogP contribution in [0.15, 0.2) is 54.7 Å². The second-order valence-corrected chi connectivity index (χ2v) is 5.70. The molecule has 3 aromatic rings. The summed E-state index contributed by atoms with van der Waals surface area (Å²) in [6, 6.07) is 15.6. The maximum Gasteiger partial charge on any atom is 0.145 e. The van der Waals surface area contributed by atoms with Gasteiger partial charge in [0, 0.05) is 23.0 Å². The summed E-state index contributed by atoms with van der Waals surface area (Å²) < 4.78 is 11.5. The lowest BCUT2D eigenvalue weighted by atomic mass is 10.2. The molecule has 0 radical (unpaired) electrons. The monoisotopic (exact) mass is 327 g/mol. The van der Waals surface area contributed by atoms with Gasteiger partial charge in [0.2, 0.25) is 0 Å². The van der Waals surface area contributed by atoms with Gasteiger partial charge in [0.15, 0.2) is 0 Å². The summed E-state index contributed by atoms with van der Waals surface area (Å²) in [6.07, 6.45) is 2.58. The Kier molecular flexibility index (Phi) is 4.99. The molecule has 0 atom stereocenters. The van der Waals surface area contributed by atoms with Gasteiger partial charge in [-0.05, 0) is 42.8 Å². The van der Waals surface area contributed by atoms with Crippen molar-refractivity contribution in [2.45, 2.75) is 13.3 Å². The number of nitrogens with zero attached hydrogens (tertiary/aromatic N) is 1. The van der Waals surface area contributed by atoms with Crippen LogP contribution in [-0.4, -0.2) is 18.2 Å². The number of hydrogen-bond donors (Lipinski definition) is 0. The number of aryl methyl sites for hydroxylation is 1. The Morgan fingerprint density at radius 3 is 2.70 bits per heavy atom. The van der Waals surface area contributed by atoms with E-state index in [2.05, 4.69) is 4.98 Å². The number of rotatable bonds is 6. The topological polar surface area (TPSA) is 31.4 Å². The predicted octanol–water partition coefficient (Wildman–Crippen LogP) is 5.04. The minimum Gasteiger partial charge on any atom is -0.493 e. The molecular formula is C19H18ClNO2. The maximum atomic E-state index is 6.00. The molecule has 1 aromatic heterocycles. The van der Waals surface area contributed by atoms with Crippen LogP contribution in [0.5, 0.6) is 11.5 Å². The van der Waals surface area contributed by atoms with Crippen LogP contribution >= 0.6 is 11.6 Å². The van der Waals surface area contributed by atoms with Gasteiger partial charge in [-0.25, -0.2) is 0 Å². The van der Waals surface area contributed by atoms with E-state index in [9.17, 15) is 0 Å². The fraction of sp³-hybridized carbons (Fsp3) is 0.211. The summed E-state index contributed by atoms with van der Waals surface area (Å²) in [7, 11) is 0. The van der Waals surface area contributed by atoms with E-state index in [-0.39, 0.29) is 0 Å². The third kappa shape index (κ3) is 3.93. The molecule has 0 spiro atoms. The first kappa shape index (κ1) is 15.6. The molecule has 23 heavy (non-hydrogen) atoms. The van der Waals surface area contributed by atoms with Gasteiger partial charge in [-0.2, -0.15) is 0 Å². The molecule has 1 heterocycles. The summed E-state index contributed by atoms with van der Waals surface area (Å²) in [4.78, 5) is 4.38. The number of pyridine rings is 1. The summed E-state index contributed by atoms with van der Waals surface area (Å²) in [6.45, 7) is 3.15. The first-order valence-corrected chi connectivity index (χ1v) is 7.97. The predicted molar refractivity (Wildman–Crippen MR) is 93.5 cm³/mol. The van der Waals surface area contributed by atoms with Crippen molar-refractivity contribution in [3.05, 3.63) is 65.3 Å². The van der Waals surface area contributed by atoms with E-state index >= 15 is 0 Å². The van der Waals surface area contributed by atoms with Crippen molar-refractivity contribution in [2.75, 3.05) is 13.2 Å². The van der Waals surface area contributed by atoms with Gasteiger partial charge in [-0.1, -0.05) is 29.8 Å². The molecule has 0 aliphatic rings. The van der Waals surface area contributed by atoms with E-state index in [1.54, 1.807) is 6.20 Å². The first-order chi connectivity index (χ1) is 11.2. The third-order valence-corrected chi connectivity index (χ3v) is 3.96. The summed E-state index contributed by atoms with van der Waals surface area (Å²) in [5.74, 6) is 1.64. The van der Waals surface area contributed by atoms with Crippen molar-refractivity contribution in [2.24, 2.45) is 0 Å². The largest absolute Gasteiger partial charge is 0.493 e. The summed E-state index contributed by atoms with van der Waals surface area (Å²) in [5, 5.41) is 1.84. The van der Waals surface area contributed by atoms with Crippen LogP contribution in [0.3, 0.4) is 0 Å². The van der Waals surface area contributed by atoms with Crippen LogP contribution in [0.1, 0.15) is 12.0 Å². The zero-order valence-electron chi connectivity index (χ0n) is 13.0. The lowest BCUT2D eigenvalue weighted by molar-refractivity contribution is 0.248. The highest BCUT2D eigenvalue weighted by Crippen LogP contribution is 2.23. The Hall–Kier alpha value is -2.26. The van der Waals surface area contributed by atoms with Crippen LogP contribution in [0, 0.1) is 6.92 Å². The van der Waals surface area contributed by atoms with E-state index in [4.69, 9.17) is 21.1 Å². The fourth-order valence-electron chi connectivity index (χ4n) is 2.33. The third-order valence-electron chi connectivity index (χ3n) is 3.54. The molecule has 118 valence electrons. The minimum atomic E-state index is 0.586. The van der Waals surface area contributed by atoms with Crippen LogP contribution in [0.25, 0.3) is 10.9 Å². The van der Waals surface area contributed by atoms with Gasteiger partial charge < -0.3 is 9.47 Å². The zero-order valence-corrected chi connectivity index (χ0v) is 13.7. The zero-order chi connectivity index (χ0) is 16.1. The lowest BCUT2D eigenvalue weighted by Gasteiger charge is -2.10. The van der Waals surface area contributed by atoms with E-state index < -0.39 is 0 Å². The average molecular weight is 328 g/mol. The van der Waals surface area contributed by atoms with Crippen molar-refractivity contribution in [1.82, 2.24) is 4.98 Å². The molecule has 0 aliphatic carbocycles. The Morgan fingerprint density at radius 1 is 1.00 bits per heavy atom. The number of aromatic nitrogens is 1. The van der Waals surface area contributed by atoms with E-state index in [0.29, 0.717) is 13.2 Å². The molecule has 0 bridgehead atoms. The quantitative estimate of drug-likeness (QED) is 0.594. The number of ether oxygens (including phenoxy) is 2. The van der Waals surface area contributed by atoms with Crippen LogP contribution in [0.2, 0.25) is 5.02 Å². The molecule has 0 aliphatic heterocycles. The van der Waals surface area contributed by atoms with Gasteiger partial charge in [-0.3, -0.25) is 4.98 Å². The normalized spacial score (nSPS) is 10.7. The summed E-state index contributed by atoms with van der Waals surface area (Å²) >= 11 is 6.00. The molecule has 0 unspecified atom stereocenters. The highest BCUT2D eigenvalue weighted by Gasteiger charge is 2.03. The van der Waals surface area contributed by atoms with Crippen LogP contribution in [0.4, 0.5) is 0 Å².